The van der Waals surface area contributed by atoms with Gasteiger partial charge in [-0.05, 0) is 30.2 Å². The van der Waals surface area contributed by atoms with Crippen LogP contribution in [-0.2, 0) is 13.2 Å². The second kappa shape index (κ2) is 6.28. The molecule has 1 heterocycles. The Morgan fingerprint density at radius 3 is 2.72 bits per heavy atom. The van der Waals surface area contributed by atoms with Crippen LogP contribution in [0.3, 0.4) is 0 Å². The van der Waals surface area contributed by atoms with Crippen molar-refractivity contribution in [3.63, 3.8) is 0 Å². The first-order valence-electron chi connectivity index (χ1n) is 6.12. The van der Waals surface area contributed by atoms with E-state index in [1.165, 1.54) is 5.56 Å². The monoisotopic (exact) mass is 242 g/mol. The Bertz CT molecular complexity index is 485. The summed E-state index contributed by atoms with van der Waals surface area (Å²) in [5, 5.41) is 12.5. The van der Waals surface area contributed by atoms with Gasteiger partial charge >= 0.3 is 0 Å². The molecule has 1 atom stereocenters. The Kier molecular flexibility index (Phi) is 4.45. The van der Waals surface area contributed by atoms with Crippen molar-refractivity contribution in [1.82, 2.24) is 10.3 Å². The first-order chi connectivity index (χ1) is 8.79. The molecule has 2 rings (SSSR count). The summed E-state index contributed by atoms with van der Waals surface area (Å²) in [5.41, 5.74) is 3.15. The van der Waals surface area contributed by atoms with Crippen molar-refractivity contribution < 1.29 is 5.11 Å². The molecule has 0 aliphatic carbocycles. The Morgan fingerprint density at radius 2 is 2.00 bits per heavy atom. The third-order valence-corrected chi connectivity index (χ3v) is 2.92. The average molecular weight is 242 g/mol. The molecule has 3 nitrogen and oxygen atoms in total. The van der Waals surface area contributed by atoms with Gasteiger partial charge in [-0.3, -0.25) is 4.98 Å². The summed E-state index contributed by atoms with van der Waals surface area (Å²) in [7, 11) is 0. The maximum Gasteiger partial charge on any atom is 0.0681 e. The molecule has 94 valence electrons. The van der Waals surface area contributed by atoms with Gasteiger partial charge in [-0.15, -0.1) is 0 Å². The minimum atomic E-state index is 0.0869. The van der Waals surface area contributed by atoms with Gasteiger partial charge in [0.1, 0.15) is 0 Å². The highest BCUT2D eigenvalue weighted by Gasteiger charge is 2.05. The number of hydrogen-bond donors (Lipinski definition) is 2. The smallest absolute Gasteiger partial charge is 0.0681 e. The maximum absolute atomic E-state index is 9.09. The fourth-order valence-electron chi connectivity index (χ4n) is 1.85. The van der Waals surface area contributed by atoms with Crippen LogP contribution >= 0.6 is 0 Å². The molecule has 0 amide bonds. The summed E-state index contributed by atoms with van der Waals surface area (Å²) in [4.78, 5) is 4.32. The largest absolute Gasteiger partial charge is 0.392 e. The summed E-state index contributed by atoms with van der Waals surface area (Å²) in [5.74, 6) is 0. The Balaban J connectivity index is 1.95. The van der Waals surface area contributed by atoms with Gasteiger partial charge in [0.2, 0.25) is 0 Å². The number of aliphatic hydroxyl groups is 1. The molecule has 3 heteroatoms. The van der Waals surface area contributed by atoms with Crippen LogP contribution in [0.15, 0.2) is 48.7 Å². The Hall–Kier alpha value is -1.71. The average Bonchev–Trinajstić information content (AvgIpc) is 2.46. The molecule has 0 saturated heterocycles. The second-order valence-corrected chi connectivity index (χ2v) is 4.34. The minimum absolute atomic E-state index is 0.0869. The number of rotatable bonds is 5. The zero-order valence-electron chi connectivity index (χ0n) is 10.5. The molecule has 0 aliphatic heterocycles. The van der Waals surface area contributed by atoms with Gasteiger partial charge in [0, 0.05) is 18.8 Å². The molecule has 1 aromatic heterocycles. The van der Waals surface area contributed by atoms with Gasteiger partial charge in [0.25, 0.3) is 0 Å². The lowest BCUT2D eigenvalue weighted by Crippen LogP contribution is -2.19. The normalized spacial score (nSPS) is 12.3. The second-order valence-electron chi connectivity index (χ2n) is 4.34. The van der Waals surface area contributed by atoms with Crippen molar-refractivity contribution in [3.8, 4) is 0 Å². The summed E-state index contributed by atoms with van der Waals surface area (Å²) in [6.07, 6.45) is 1.81. The topological polar surface area (TPSA) is 45.1 Å². The fourth-order valence-corrected chi connectivity index (χ4v) is 1.85. The van der Waals surface area contributed by atoms with Crippen LogP contribution in [0.2, 0.25) is 0 Å². The van der Waals surface area contributed by atoms with Crippen LogP contribution in [0.1, 0.15) is 29.8 Å². The molecule has 1 aromatic carbocycles. The Morgan fingerprint density at radius 1 is 1.17 bits per heavy atom. The summed E-state index contributed by atoms with van der Waals surface area (Å²) >= 11 is 0. The summed E-state index contributed by atoms with van der Waals surface area (Å²) in [6, 6.07) is 14.1. The van der Waals surface area contributed by atoms with Crippen LogP contribution in [0, 0.1) is 0 Å². The third kappa shape index (κ3) is 3.39. The number of aromatic nitrogens is 1. The number of nitrogens with one attached hydrogen (secondary N) is 1. The van der Waals surface area contributed by atoms with E-state index in [-0.39, 0.29) is 12.6 Å². The SMILES string of the molecule is CC(NCc1cccc(CO)c1)c1ccccn1. The molecular formula is C15H18N2O. The first kappa shape index (κ1) is 12.7. The standard InChI is InChI=1S/C15H18N2O/c1-12(15-7-2-3-8-16-15)17-10-13-5-4-6-14(9-13)11-18/h2-9,12,17-18H,10-11H2,1H3. The van der Waals surface area contributed by atoms with Gasteiger partial charge in [0.15, 0.2) is 0 Å². The predicted molar refractivity (Wildman–Crippen MR) is 71.9 cm³/mol. The number of pyridine rings is 1. The molecule has 0 aliphatic rings. The van der Waals surface area contributed by atoms with Crippen LogP contribution < -0.4 is 5.32 Å². The third-order valence-electron chi connectivity index (χ3n) is 2.92. The lowest BCUT2D eigenvalue weighted by atomic mass is 10.1. The molecule has 2 aromatic rings. The zero-order chi connectivity index (χ0) is 12.8. The number of hydrogen-bond acceptors (Lipinski definition) is 3. The van der Waals surface area contributed by atoms with Crippen LogP contribution in [0.5, 0.6) is 0 Å². The van der Waals surface area contributed by atoms with E-state index in [4.69, 9.17) is 5.11 Å². The van der Waals surface area contributed by atoms with Gasteiger partial charge in [0.05, 0.1) is 12.3 Å². The van der Waals surface area contributed by atoms with E-state index in [0.29, 0.717) is 0 Å². The van der Waals surface area contributed by atoms with Crippen molar-refractivity contribution in [2.45, 2.75) is 26.1 Å². The molecule has 1 unspecified atom stereocenters. The number of nitrogens with zero attached hydrogens (tertiary/aromatic N) is 1. The van der Waals surface area contributed by atoms with E-state index in [1.54, 1.807) is 6.20 Å². The van der Waals surface area contributed by atoms with E-state index in [9.17, 15) is 0 Å². The molecule has 0 saturated carbocycles. The fraction of sp³-hybridized carbons (Fsp3) is 0.267. The van der Waals surface area contributed by atoms with Crippen molar-refractivity contribution in [3.05, 3.63) is 65.5 Å². The molecular weight excluding hydrogens is 224 g/mol. The number of aliphatic hydroxyl groups excluding tert-OH is 1. The molecule has 0 fully saturated rings. The van der Waals surface area contributed by atoms with Gasteiger partial charge in [-0.2, -0.15) is 0 Å². The molecule has 2 N–H and O–H groups in total. The van der Waals surface area contributed by atoms with Crippen LogP contribution in [-0.4, -0.2) is 10.1 Å². The van der Waals surface area contributed by atoms with Crippen molar-refractivity contribution >= 4 is 0 Å². The number of benzene rings is 1. The van der Waals surface area contributed by atoms with E-state index in [0.717, 1.165) is 17.8 Å². The quantitative estimate of drug-likeness (QED) is 0.846. The highest BCUT2D eigenvalue weighted by Crippen LogP contribution is 2.10. The zero-order valence-corrected chi connectivity index (χ0v) is 10.5. The summed E-state index contributed by atoms with van der Waals surface area (Å²) < 4.78 is 0. The maximum atomic E-state index is 9.09. The highest BCUT2D eigenvalue weighted by atomic mass is 16.3. The molecule has 0 radical (unpaired) electrons. The lowest BCUT2D eigenvalue weighted by Gasteiger charge is -2.13. The van der Waals surface area contributed by atoms with Crippen molar-refractivity contribution in [1.29, 1.82) is 0 Å². The van der Waals surface area contributed by atoms with E-state index < -0.39 is 0 Å². The van der Waals surface area contributed by atoms with Gasteiger partial charge < -0.3 is 10.4 Å². The minimum Gasteiger partial charge on any atom is -0.392 e. The van der Waals surface area contributed by atoms with E-state index in [1.807, 2.05) is 36.4 Å². The van der Waals surface area contributed by atoms with Crippen LogP contribution in [0.25, 0.3) is 0 Å². The lowest BCUT2D eigenvalue weighted by molar-refractivity contribution is 0.281. The van der Waals surface area contributed by atoms with E-state index in [2.05, 4.69) is 23.3 Å². The van der Waals surface area contributed by atoms with Crippen LogP contribution in [0.4, 0.5) is 0 Å². The predicted octanol–water partition coefficient (Wildman–Crippen LogP) is 2.42. The van der Waals surface area contributed by atoms with Gasteiger partial charge in [-0.1, -0.05) is 30.3 Å². The highest BCUT2D eigenvalue weighted by molar-refractivity contribution is 5.23. The first-order valence-corrected chi connectivity index (χ1v) is 6.12. The molecule has 18 heavy (non-hydrogen) atoms. The van der Waals surface area contributed by atoms with Gasteiger partial charge in [-0.25, -0.2) is 0 Å². The molecule has 0 spiro atoms. The van der Waals surface area contributed by atoms with Crippen molar-refractivity contribution in [2.75, 3.05) is 0 Å². The Labute approximate surface area is 108 Å². The van der Waals surface area contributed by atoms with Crippen molar-refractivity contribution in [2.24, 2.45) is 0 Å². The summed E-state index contributed by atoms with van der Waals surface area (Å²) in [6.45, 7) is 2.95. The van der Waals surface area contributed by atoms with E-state index >= 15 is 0 Å². The molecule has 0 bridgehead atoms.